The number of para-hydroxylation sites is 1. The van der Waals surface area contributed by atoms with E-state index in [2.05, 4.69) is 0 Å². The van der Waals surface area contributed by atoms with Gasteiger partial charge < -0.3 is 10.2 Å². The highest BCUT2D eigenvalue weighted by atomic mass is 16.3. The topological polar surface area (TPSA) is 43.7 Å². The average Bonchev–Trinajstić information content (AvgIpc) is 2.09. The van der Waals surface area contributed by atoms with E-state index in [1.165, 1.54) is 0 Å². The van der Waals surface area contributed by atoms with E-state index in [4.69, 9.17) is 5.11 Å². The molecule has 0 amide bonds. The normalized spacial score (nSPS) is 10.6. The Morgan fingerprint density at radius 2 is 2.00 bits per heavy atom. The zero-order chi connectivity index (χ0) is 8.97. The van der Waals surface area contributed by atoms with Gasteiger partial charge in [0.1, 0.15) is 5.75 Å². The van der Waals surface area contributed by atoms with E-state index in [0.29, 0.717) is 6.54 Å². The first-order chi connectivity index (χ1) is 5.74. The Bertz CT molecular complexity index is 250. The van der Waals surface area contributed by atoms with Gasteiger partial charge in [-0.25, -0.2) is 0 Å². The van der Waals surface area contributed by atoms with Crippen molar-refractivity contribution in [2.45, 2.75) is 6.54 Å². The van der Waals surface area contributed by atoms with Gasteiger partial charge in [0.05, 0.1) is 6.73 Å². The Morgan fingerprint density at radius 1 is 1.33 bits per heavy atom. The lowest BCUT2D eigenvalue weighted by Gasteiger charge is -2.13. The van der Waals surface area contributed by atoms with E-state index in [-0.39, 0.29) is 12.5 Å². The summed E-state index contributed by atoms with van der Waals surface area (Å²) in [4.78, 5) is 1.70. The minimum atomic E-state index is -0.00562. The number of aliphatic hydroxyl groups is 1. The van der Waals surface area contributed by atoms with Gasteiger partial charge in [0.2, 0.25) is 0 Å². The van der Waals surface area contributed by atoms with Crippen molar-refractivity contribution in [3.63, 3.8) is 0 Å². The zero-order valence-corrected chi connectivity index (χ0v) is 7.07. The Balaban J connectivity index is 2.69. The van der Waals surface area contributed by atoms with Crippen molar-refractivity contribution in [2.75, 3.05) is 13.8 Å². The van der Waals surface area contributed by atoms with E-state index in [0.717, 1.165) is 5.56 Å². The Morgan fingerprint density at radius 3 is 2.58 bits per heavy atom. The van der Waals surface area contributed by atoms with Crippen LogP contribution in [0.1, 0.15) is 5.56 Å². The third kappa shape index (κ3) is 2.22. The number of rotatable bonds is 3. The second-order valence-electron chi connectivity index (χ2n) is 2.78. The van der Waals surface area contributed by atoms with Crippen LogP contribution in [0.2, 0.25) is 0 Å². The van der Waals surface area contributed by atoms with Gasteiger partial charge in [-0.15, -0.1) is 0 Å². The predicted molar refractivity (Wildman–Crippen MR) is 46.7 cm³/mol. The Labute approximate surface area is 71.9 Å². The molecule has 1 rings (SSSR count). The predicted octanol–water partition coefficient (Wildman–Crippen LogP) is 0.774. The molecule has 2 N–H and O–H groups in total. The zero-order valence-electron chi connectivity index (χ0n) is 7.07. The van der Waals surface area contributed by atoms with Crippen molar-refractivity contribution in [1.29, 1.82) is 0 Å². The maximum Gasteiger partial charge on any atom is 0.120 e. The maximum absolute atomic E-state index is 9.35. The molecular formula is C9H13NO2. The molecule has 0 spiro atoms. The summed E-state index contributed by atoms with van der Waals surface area (Å²) in [6, 6.07) is 7.11. The van der Waals surface area contributed by atoms with E-state index in [9.17, 15) is 5.11 Å². The molecule has 0 unspecified atom stereocenters. The number of aromatic hydroxyl groups is 1. The second-order valence-corrected chi connectivity index (χ2v) is 2.78. The van der Waals surface area contributed by atoms with Crippen LogP contribution in [0.5, 0.6) is 5.75 Å². The van der Waals surface area contributed by atoms with Crippen molar-refractivity contribution in [3.8, 4) is 5.75 Å². The van der Waals surface area contributed by atoms with Crippen LogP contribution >= 0.6 is 0 Å². The lowest BCUT2D eigenvalue weighted by atomic mass is 10.2. The van der Waals surface area contributed by atoms with E-state index >= 15 is 0 Å². The van der Waals surface area contributed by atoms with Crippen LogP contribution in [-0.2, 0) is 6.54 Å². The molecule has 0 saturated heterocycles. The molecule has 1 aromatic rings. The van der Waals surface area contributed by atoms with Crippen molar-refractivity contribution in [3.05, 3.63) is 29.8 Å². The molecule has 12 heavy (non-hydrogen) atoms. The lowest BCUT2D eigenvalue weighted by Crippen LogP contribution is -2.18. The number of hydrogen-bond donors (Lipinski definition) is 2. The van der Waals surface area contributed by atoms with Gasteiger partial charge in [0, 0.05) is 12.1 Å². The molecule has 3 heteroatoms. The van der Waals surface area contributed by atoms with Crippen LogP contribution in [0, 0.1) is 0 Å². The third-order valence-electron chi connectivity index (χ3n) is 1.67. The van der Waals surface area contributed by atoms with Crippen molar-refractivity contribution in [1.82, 2.24) is 4.90 Å². The first kappa shape index (κ1) is 9.03. The molecule has 66 valence electrons. The Hall–Kier alpha value is -1.06. The van der Waals surface area contributed by atoms with Crippen LogP contribution < -0.4 is 0 Å². The molecule has 3 nitrogen and oxygen atoms in total. The van der Waals surface area contributed by atoms with Gasteiger partial charge >= 0.3 is 0 Å². The number of aliphatic hydroxyl groups excluding tert-OH is 1. The molecular weight excluding hydrogens is 154 g/mol. The molecule has 0 radical (unpaired) electrons. The summed E-state index contributed by atoms with van der Waals surface area (Å²) in [7, 11) is 1.78. The number of benzene rings is 1. The molecule has 1 aromatic carbocycles. The first-order valence-corrected chi connectivity index (χ1v) is 3.80. The largest absolute Gasteiger partial charge is 0.508 e. The van der Waals surface area contributed by atoms with Gasteiger partial charge in [0.15, 0.2) is 0 Å². The molecule has 0 fully saturated rings. The van der Waals surface area contributed by atoms with Gasteiger partial charge in [-0.1, -0.05) is 18.2 Å². The minimum Gasteiger partial charge on any atom is -0.508 e. The quantitative estimate of drug-likeness (QED) is 0.654. The smallest absolute Gasteiger partial charge is 0.120 e. The van der Waals surface area contributed by atoms with Gasteiger partial charge in [-0.05, 0) is 13.1 Å². The van der Waals surface area contributed by atoms with Crippen LogP contribution in [0.15, 0.2) is 24.3 Å². The molecule has 0 aliphatic rings. The fourth-order valence-corrected chi connectivity index (χ4v) is 0.985. The number of hydrogen-bond acceptors (Lipinski definition) is 3. The maximum atomic E-state index is 9.35. The highest BCUT2D eigenvalue weighted by molar-refractivity contribution is 5.31. The molecule has 0 bridgehead atoms. The summed E-state index contributed by atoms with van der Waals surface area (Å²) in [5.41, 5.74) is 0.828. The van der Waals surface area contributed by atoms with Crippen molar-refractivity contribution < 1.29 is 10.2 Å². The van der Waals surface area contributed by atoms with E-state index < -0.39 is 0 Å². The van der Waals surface area contributed by atoms with Gasteiger partial charge in [-0.3, -0.25) is 4.90 Å². The van der Waals surface area contributed by atoms with E-state index in [1.54, 1.807) is 24.1 Å². The van der Waals surface area contributed by atoms with Crippen molar-refractivity contribution >= 4 is 0 Å². The van der Waals surface area contributed by atoms with E-state index in [1.807, 2.05) is 12.1 Å². The highest BCUT2D eigenvalue weighted by Gasteiger charge is 2.01. The molecule has 0 aromatic heterocycles. The first-order valence-electron chi connectivity index (χ1n) is 3.80. The van der Waals surface area contributed by atoms with Crippen molar-refractivity contribution in [2.24, 2.45) is 0 Å². The van der Waals surface area contributed by atoms with Gasteiger partial charge in [-0.2, -0.15) is 0 Å². The van der Waals surface area contributed by atoms with Crippen LogP contribution in [-0.4, -0.2) is 28.9 Å². The SMILES string of the molecule is CN(CO)Cc1ccccc1O. The number of phenolic OH excluding ortho intramolecular Hbond substituents is 1. The lowest BCUT2D eigenvalue weighted by molar-refractivity contribution is 0.126. The summed E-state index contributed by atoms with van der Waals surface area (Å²) in [5, 5.41) is 18.1. The third-order valence-corrected chi connectivity index (χ3v) is 1.67. The highest BCUT2D eigenvalue weighted by Crippen LogP contribution is 2.16. The van der Waals surface area contributed by atoms with Crippen LogP contribution in [0.25, 0.3) is 0 Å². The number of nitrogens with zero attached hydrogens (tertiary/aromatic N) is 1. The fraction of sp³-hybridized carbons (Fsp3) is 0.333. The molecule has 0 heterocycles. The van der Waals surface area contributed by atoms with Crippen LogP contribution in [0.4, 0.5) is 0 Å². The Kier molecular flexibility index (Phi) is 3.08. The summed E-state index contributed by atoms with van der Waals surface area (Å²) in [6.07, 6.45) is 0. The summed E-state index contributed by atoms with van der Waals surface area (Å²) < 4.78 is 0. The average molecular weight is 167 g/mol. The monoisotopic (exact) mass is 167 g/mol. The summed E-state index contributed by atoms with van der Waals surface area (Å²) in [6.45, 7) is 0.553. The number of phenols is 1. The van der Waals surface area contributed by atoms with Gasteiger partial charge in [0.25, 0.3) is 0 Å². The minimum absolute atomic E-state index is 0.00562. The summed E-state index contributed by atoms with van der Waals surface area (Å²) >= 11 is 0. The van der Waals surface area contributed by atoms with Crippen LogP contribution in [0.3, 0.4) is 0 Å². The molecule has 0 aliphatic carbocycles. The second kappa shape index (κ2) is 4.09. The fourth-order valence-electron chi connectivity index (χ4n) is 0.985. The molecule has 0 aliphatic heterocycles. The molecule has 0 atom stereocenters. The molecule has 0 saturated carbocycles. The summed E-state index contributed by atoms with van der Waals surface area (Å²) in [5.74, 6) is 0.276. The standard InChI is InChI=1S/C9H13NO2/c1-10(7-11)6-8-4-2-3-5-9(8)12/h2-5,11-12H,6-7H2,1H3.